The molecule has 0 bridgehead atoms. The minimum absolute atomic E-state index is 0. The minimum Gasteiger partial charge on any atom is -1.00 e. The van der Waals surface area contributed by atoms with Gasteiger partial charge in [0.1, 0.15) is 0 Å². The van der Waals surface area contributed by atoms with Gasteiger partial charge in [-0.15, -0.1) is 0 Å². The van der Waals surface area contributed by atoms with Gasteiger partial charge < -0.3 is 2.85 Å². The molecule has 0 heterocycles. The molecule has 0 spiro atoms. The largest absolute Gasteiger partial charge is 2.00 e. The van der Waals surface area contributed by atoms with Crippen molar-refractivity contribution in [3.8, 4) is 5.53 Å². The fraction of sp³-hybridized carbons (Fsp3) is 0. The van der Waals surface area contributed by atoms with E-state index in [0.29, 0.717) is 0 Å². The number of hydrogen-bond acceptors (Lipinski definition) is 1. The van der Waals surface area contributed by atoms with Crippen molar-refractivity contribution in [1.29, 1.82) is 5.26 Å². The molecule has 0 saturated carbocycles. The van der Waals surface area contributed by atoms with E-state index in [2.05, 4.69) is 11.6 Å². The Morgan fingerprint density at radius 3 is 2.00 bits per heavy atom. The van der Waals surface area contributed by atoms with Crippen molar-refractivity contribution in [3.05, 3.63) is 0 Å². The standard InChI is InChI=1S/CClN.Ca.2H/c2-1-3;;;/q;+2;2*-1. The molecule has 0 aromatic carbocycles. The molecule has 1 nitrogen and oxygen atoms in total. The summed E-state index contributed by atoms with van der Waals surface area (Å²) in [5, 5.41) is 7.08. The van der Waals surface area contributed by atoms with Crippen LogP contribution >= 0.6 is 11.6 Å². The summed E-state index contributed by atoms with van der Waals surface area (Å²) < 4.78 is 0. The molecule has 4 heavy (non-hydrogen) atoms. The summed E-state index contributed by atoms with van der Waals surface area (Å²) in [5.41, 5.74) is 1.22. The van der Waals surface area contributed by atoms with Gasteiger partial charge in [0.25, 0.3) is 0 Å². The molecule has 0 aliphatic heterocycles. The molecule has 0 fully saturated rings. The Bertz CT molecular complexity index is 35.0. The molecule has 0 saturated heterocycles. The molecule has 0 radical (unpaired) electrons. The molecule has 0 aliphatic carbocycles. The summed E-state index contributed by atoms with van der Waals surface area (Å²) in [6.07, 6.45) is 0. The van der Waals surface area contributed by atoms with Gasteiger partial charge in [0.2, 0.25) is 0 Å². The molecule has 0 unspecified atom stereocenters. The zero-order valence-corrected chi connectivity index (χ0v) is 5.00. The van der Waals surface area contributed by atoms with Gasteiger partial charge in [0.05, 0.1) is 0 Å². The van der Waals surface area contributed by atoms with Gasteiger partial charge in [-0.3, -0.25) is 0 Å². The minimum atomic E-state index is 0. The van der Waals surface area contributed by atoms with Gasteiger partial charge in [0, 0.05) is 11.6 Å². The topological polar surface area (TPSA) is 23.8 Å². The van der Waals surface area contributed by atoms with Crippen LogP contribution in [-0.4, -0.2) is 37.7 Å². The molecule has 3 heteroatoms. The quantitative estimate of drug-likeness (QED) is 0.411. The summed E-state index contributed by atoms with van der Waals surface area (Å²) >= 11 is 4.30. The second-order valence-corrected chi connectivity index (χ2v) is 0.254. The van der Waals surface area contributed by atoms with Crippen molar-refractivity contribution in [2.24, 2.45) is 0 Å². The van der Waals surface area contributed by atoms with E-state index < -0.39 is 0 Å². The fourth-order valence-corrected chi connectivity index (χ4v) is 0. The van der Waals surface area contributed by atoms with Crippen LogP contribution in [0, 0.1) is 10.8 Å². The Balaban J connectivity index is -0.00000000667. The smallest absolute Gasteiger partial charge is 1.00 e. The summed E-state index contributed by atoms with van der Waals surface area (Å²) in [5.74, 6) is 0. The number of nitrogens with zero attached hydrogens (tertiary/aromatic N) is 1. The Kier molecular flexibility index (Phi) is 20.0. The third-order valence-electron chi connectivity index (χ3n) is 0. The molecule has 0 N–H and O–H groups in total. The van der Waals surface area contributed by atoms with E-state index in [1.165, 1.54) is 5.53 Å². The van der Waals surface area contributed by atoms with E-state index >= 15 is 0 Å². The van der Waals surface area contributed by atoms with E-state index in [-0.39, 0.29) is 40.6 Å². The van der Waals surface area contributed by atoms with Crippen LogP contribution in [0.5, 0.6) is 0 Å². The molecule has 0 amide bonds. The van der Waals surface area contributed by atoms with Crippen molar-refractivity contribution >= 4 is 49.3 Å². The van der Waals surface area contributed by atoms with E-state index in [9.17, 15) is 0 Å². The van der Waals surface area contributed by atoms with Crippen molar-refractivity contribution in [1.82, 2.24) is 0 Å². The number of halogens is 1. The second-order valence-electron chi connectivity index (χ2n) is 0.0845. The summed E-state index contributed by atoms with van der Waals surface area (Å²) in [4.78, 5) is 0. The summed E-state index contributed by atoms with van der Waals surface area (Å²) in [6, 6.07) is 0. The third-order valence-corrected chi connectivity index (χ3v) is 0. The Morgan fingerprint density at radius 1 is 2.00 bits per heavy atom. The molecular formula is CH2CaClN. The fourth-order valence-electron chi connectivity index (χ4n) is 0. The van der Waals surface area contributed by atoms with Gasteiger partial charge >= 0.3 is 37.7 Å². The van der Waals surface area contributed by atoms with Crippen molar-refractivity contribution in [2.75, 3.05) is 0 Å². The molecule has 0 atom stereocenters. The number of nitriles is 1. The first-order valence-electron chi connectivity index (χ1n) is 0.413. The monoisotopic (exact) mass is 103 g/mol. The van der Waals surface area contributed by atoms with Crippen LogP contribution in [0.1, 0.15) is 2.85 Å². The van der Waals surface area contributed by atoms with Gasteiger partial charge in [0.15, 0.2) is 5.53 Å². The van der Waals surface area contributed by atoms with Crippen LogP contribution in [0.3, 0.4) is 0 Å². The van der Waals surface area contributed by atoms with Crippen LogP contribution in [0.25, 0.3) is 0 Å². The normalized spacial score (nSPS) is 2.00. The van der Waals surface area contributed by atoms with Gasteiger partial charge in [-0.05, 0) is 0 Å². The third kappa shape index (κ3) is 11.7. The van der Waals surface area contributed by atoms with Gasteiger partial charge in [-0.1, -0.05) is 0 Å². The molecular weight excluding hydrogens is 102 g/mol. The van der Waals surface area contributed by atoms with E-state index in [4.69, 9.17) is 5.26 Å². The molecule has 0 aliphatic rings. The van der Waals surface area contributed by atoms with Crippen molar-refractivity contribution in [2.45, 2.75) is 0 Å². The number of rotatable bonds is 0. The van der Waals surface area contributed by atoms with Gasteiger partial charge in [-0.2, -0.15) is 5.26 Å². The van der Waals surface area contributed by atoms with Crippen LogP contribution in [0.2, 0.25) is 0 Å². The molecule has 0 rings (SSSR count). The van der Waals surface area contributed by atoms with Crippen LogP contribution < -0.4 is 0 Å². The SMILES string of the molecule is N#CCl.[Ca+2].[H-].[H-]. The van der Waals surface area contributed by atoms with E-state index in [1.54, 1.807) is 0 Å². The second kappa shape index (κ2) is 8.97. The first-order valence-corrected chi connectivity index (χ1v) is 0.791. The molecule has 20 valence electrons. The van der Waals surface area contributed by atoms with Gasteiger partial charge in [-0.25, -0.2) is 0 Å². The van der Waals surface area contributed by atoms with Crippen LogP contribution in [-0.2, 0) is 0 Å². The zero-order valence-electron chi connectivity index (χ0n) is 4.03. The number of hydrogen-bond donors (Lipinski definition) is 0. The Hall–Kier alpha value is 1.04. The Morgan fingerprint density at radius 2 is 2.00 bits per heavy atom. The average Bonchev–Trinajstić information content (AvgIpc) is 0.918. The maximum absolute atomic E-state index is 7.08. The first kappa shape index (κ1) is 8.90. The molecule has 0 aromatic heterocycles. The predicted molar refractivity (Wildman–Crippen MR) is 19.4 cm³/mol. The summed E-state index contributed by atoms with van der Waals surface area (Å²) in [6.45, 7) is 0. The maximum Gasteiger partial charge on any atom is 2.00 e. The van der Waals surface area contributed by atoms with Crippen molar-refractivity contribution in [3.63, 3.8) is 0 Å². The summed E-state index contributed by atoms with van der Waals surface area (Å²) in [7, 11) is 0. The predicted octanol–water partition coefficient (Wildman–Crippen LogP) is 0.550. The molecule has 0 aromatic rings. The zero-order chi connectivity index (χ0) is 2.71. The maximum atomic E-state index is 7.08. The van der Waals surface area contributed by atoms with E-state index in [0.717, 1.165) is 0 Å². The van der Waals surface area contributed by atoms with E-state index in [1.807, 2.05) is 0 Å². The van der Waals surface area contributed by atoms with Crippen LogP contribution in [0.15, 0.2) is 0 Å². The first-order chi connectivity index (χ1) is 1.41. The van der Waals surface area contributed by atoms with Crippen LogP contribution in [0.4, 0.5) is 0 Å². The average molecular weight is 104 g/mol. The van der Waals surface area contributed by atoms with Crippen molar-refractivity contribution < 1.29 is 2.85 Å². The Labute approximate surface area is 62.5 Å².